The predicted molar refractivity (Wildman–Crippen MR) is 136 cm³/mol. The summed E-state index contributed by atoms with van der Waals surface area (Å²) in [6.07, 6.45) is -6.16. The lowest BCUT2D eigenvalue weighted by molar-refractivity contribution is -0.164. The van der Waals surface area contributed by atoms with Crippen LogP contribution in [0.25, 0.3) is 0 Å². The van der Waals surface area contributed by atoms with E-state index in [4.69, 9.17) is 58.0 Å². The van der Waals surface area contributed by atoms with Gasteiger partial charge in [-0.3, -0.25) is 14.4 Å². The molecule has 198 valence electrons. The predicted octanol–water partition coefficient (Wildman–Crippen LogP) is 6.07. The van der Waals surface area contributed by atoms with Crippen molar-refractivity contribution in [1.82, 2.24) is 10.2 Å². The highest BCUT2D eigenvalue weighted by Crippen LogP contribution is 2.65. The zero-order valence-electron chi connectivity index (χ0n) is 18.5. The van der Waals surface area contributed by atoms with Crippen LogP contribution in [0.1, 0.15) is 28.3 Å². The number of amides is 3. The van der Waals surface area contributed by atoms with Gasteiger partial charge >= 0.3 is 6.18 Å². The summed E-state index contributed by atoms with van der Waals surface area (Å²) in [4.78, 5) is 38.2. The summed E-state index contributed by atoms with van der Waals surface area (Å²) in [6, 6.07) is 8.47. The summed E-state index contributed by atoms with van der Waals surface area (Å²) < 4.78 is 35.7. The molecule has 0 spiro atoms. The second kappa shape index (κ2) is 10.3. The first-order chi connectivity index (χ1) is 17.2. The van der Waals surface area contributed by atoms with Crippen molar-refractivity contribution in [3.63, 3.8) is 0 Å². The lowest BCUT2D eigenvalue weighted by Gasteiger charge is -2.39. The van der Waals surface area contributed by atoms with Crippen LogP contribution in [0, 0.1) is 5.92 Å². The molecule has 1 saturated heterocycles. The Bertz CT molecular complexity index is 1250. The third-order valence-corrected chi connectivity index (χ3v) is 7.69. The highest BCUT2D eigenvalue weighted by atomic mass is 35.5. The molecule has 2 N–H and O–H groups in total. The Labute approximate surface area is 234 Å². The van der Waals surface area contributed by atoms with Gasteiger partial charge in [0.15, 0.2) is 0 Å². The minimum Gasteiger partial charge on any atom is -0.346 e. The van der Waals surface area contributed by atoms with E-state index < -0.39 is 52.5 Å². The van der Waals surface area contributed by atoms with Gasteiger partial charge in [-0.2, -0.15) is 13.2 Å². The smallest absolute Gasteiger partial charge is 0.346 e. The highest BCUT2D eigenvalue weighted by Gasteiger charge is 2.67. The molecule has 2 atom stereocenters. The number of hydrogen-bond acceptors (Lipinski definition) is 3. The van der Waals surface area contributed by atoms with E-state index in [2.05, 4.69) is 10.6 Å². The number of hydrogen-bond donors (Lipinski definition) is 2. The van der Waals surface area contributed by atoms with Crippen LogP contribution in [0.5, 0.6) is 0 Å². The molecule has 14 heteroatoms. The standard InChI is InChI=1S/C23H17Cl5F3N3O3/c24-11-3-10(4-12(25)5-11)18-19(23(18,27)28)21(37)32-13-1-2-16(26)15(6-13)20(36)33-14-8-34(9-14)17(35)7-22(29,30)31/h1-6,14,18-19H,7-9H2,(H,32,37)(H,33,36). The Hall–Kier alpha value is -1.91. The van der Waals surface area contributed by atoms with Gasteiger partial charge in [-0.15, -0.1) is 23.2 Å². The molecule has 2 aromatic carbocycles. The van der Waals surface area contributed by atoms with Gasteiger partial charge in [0, 0.05) is 34.7 Å². The molecule has 4 rings (SSSR count). The zero-order valence-corrected chi connectivity index (χ0v) is 22.3. The fourth-order valence-electron chi connectivity index (χ4n) is 4.14. The van der Waals surface area contributed by atoms with Crippen LogP contribution in [0.15, 0.2) is 36.4 Å². The van der Waals surface area contributed by atoms with Crippen molar-refractivity contribution in [1.29, 1.82) is 0 Å². The maximum absolute atomic E-state index is 12.9. The highest BCUT2D eigenvalue weighted by molar-refractivity contribution is 6.53. The molecular formula is C23H17Cl5F3N3O3. The fraction of sp³-hybridized carbons (Fsp3) is 0.348. The van der Waals surface area contributed by atoms with E-state index >= 15 is 0 Å². The Morgan fingerprint density at radius 3 is 2.22 bits per heavy atom. The molecule has 0 radical (unpaired) electrons. The Kier molecular flexibility index (Phi) is 7.85. The van der Waals surface area contributed by atoms with E-state index in [0.29, 0.717) is 15.6 Å². The summed E-state index contributed by atoms with van der Waals surface area (Å²) in [5.41, 5.74) is 0.868. The average molecular weight is 618 g/mol. The summed E-state index contributed by atoms with van der Waals surface area (Å²) >= 11 is 31.0. The van der Waals surface area contributed by atoms with Crippen molar-refractivity contribution in [2.75, 3.05) is 18.4 Å². The molecule has 1 aliphatic heterocycles. The van der Waals surface area contributed by atoms with Crippen LogP contribution in [0.3, 0.4) is 0 Å². The first-order valence-corrected chi connectivity index (χ1v) is 12.6. The molecule has 2 unspecified atom stereocenters. The van der Waals surface area contributed by atoms with Gasteiger partial charge in [-0.1, -0.05) is 34.8 Å². The van der Waals surface area contributed by atoms with Gasteiger partial charge < -0.3 is 15.5 Å². The number of benzene rings is 2. The third-order valence-electron chi connectivity index (χ3n) is 5.98. The minimum absolute atomic E-state index is 0.0246. The second-order valence-electron chi connectivity index (χ2n) is 8.78. The monoisotopic (exact) mass is 615 g/mol. The molecule has 3 amide bonds. The van der Waals surface area contributed by atoms with Crippen LogP contribution in [-0.4, -0.2) is 52.3 Å². The zero-order chi connectivity index (χ0) is 27.3. The molecule has 2 fully saturated rings. The van der Waals surface area contributed by atoms with E-state index in [9.17, 15) is 27.6 Å². The maximum Gasteiger partial charge on any atom is 0.397 e. The van der Waals surface area contributed by atoms with Crippen molar-refractivity contribution in [3.8, 4) is 0 Å². The average Bonchev–Trinajstić information content (AvgIpc) is 3.31. The number of halogens is 8. The van der Waals surface area contributed by atoms with Crippen LogP contribution in [-0.2, 0) is 9.59 Å². The molecule has 0 bridgehead atoms. The molecule has 0 aromatic heterocycles. The Morgan fingerprint density at radius 1 is 1.00 bits per heavy atom. The van der Waals surface area contributed by atoms with Crippen LogP contribution < -0.4 is 10.6 Å². The van der Waals surface area contributed by atoms with Gasteiger partial charge in [-0.05, 0) is 42.0 Å². The van der Waals surface area contributed by atoms with Gasteiger partial charge in [0.2, 0.25) is 11.8 Å². The van der Waals surface area contributed by atoms with Crippen molar-refractivity contribution in [3.05, 3.63) is 62.6 Å². The SMILES string of the molecule is O=C(NC1CN(C(=O)CC(F)(F)F)C1)c1cc(NC(=O)C2C(c3cc(Cl)cc(Cl)c3)C2(Cl)Cl)ccc1Cl. The van der Waals surface area contributed by atoms with E-state index in [1.165, 1.54) is 24.3 Å². The molecule has 2 aliphatic rings. The summed E-state index contributed by atoms with van der Waals surface area (Å²) in [5.74, 6) is -3.57. The van der Waals surface area contributed by atoms with Crippen molar-refractivity contribution in [2.45, 2.75) is 28.9 Å². The second-order valence-corrected chi connectivity index (χ2v) is 11.5. The van der Waals surface area contributed by atoms with E-state index in [1.807, 2.05) is 0 Å². The first kappa shape index (κ1) is 28.1. The first-order valence-electron chi connectivity index (χ1n) is 10.8. The molecule has 37 heavy (non-hydrogen) atoms. The number of carbonyl (C=O) groups excluding carboxylic acids is 3. The van der Waals surface area contributed by atoms with Crippen molar-refractivity contribution in [2.24, 2.45) is 5.92 Å². The molecular weight excluding hydrogens is 601 g/mol. The van der Waals surface area contributed by atoms with Crippen LogP contribution in [0.2, 0.25) is 15.1 Å². The number of likely N-dealkylation sites (tertiary alicyclic amines) is 1. The summed E-state index contributed by atoms with van der Waals surface area (Å²) in [6.45, 7) is -0.113. The molecule has 1 aliphatic carbocycles. The molecule has 6 nitrogen and oxygen atoms in total. The largest absolute Gasteiger partial charge is 0.397 e. The number of nitrogens with one attached hydrogen (secondary N) is 2. The van der Waals surface area contributed by atoms with E-state index in [1.54, 1.807) is 12.1 Å². The number of carbonyl (C=O) groups is 3. The quantitative estimate of drug-likeness (QED) is 0.387. The van der Waals surface area contributed by atoms with E-state index in [-0.39, 0.29) is 29.4 Å². The lowest BCUT2D eigenvalue weighted by atomic mass is 10.1. The van der Waals surface area contributed by atoms with Gasteiger partial charge in [0.05, 0.1) is 22.5 Å². The molecule has 1 saturated carbocycles. The van der Waals surface area contributed by atoms with Gasteiger partial charge in [0.1, 0.15) is 10.8 Å². The third kappa shape index (κ3) is 6.40. The lowest BCUT2D eigenvalue weighted by Crippen LogP contribution is -2.61. The Balaban J connectivity index is 1.38. The maximum atomic E-state index is 12.9. The van der Waals surface area contributed by atoms with Gasteiger partial charge in [0.25, 0.3) is 5.91 Å². The molecule has 1 heterocycles. The van der Waals surface area contributed by atoms with E-state index in [0.717, 1.165) is 4.90 Å². The van der Waals surface area contributed by atoms with Crippen LogP contribution in [0.4, 0.5) is 18.9 Å². The summed E-state index contributed by atoms with van der Waals surface area (Å²) in [7, 11) is 0. The normalized spacial score (nSPS) is 20.7. The summed E-state index contributed by atoms with van der Waals surface area (Å²) in [5, 5.41) is 6.09. The number of anilines is 1. The molecule has 2 aromatic rings. The topological polar surface area (TPSA) is 78.5 Å². The minimum atomic E-state index is -4.60. The number of alkyl halides is 5. The van der Waals surface area contributed by atoms with Crippen molar-refractivity contribution < 1.29 is 27.6 Å². The van der Waals surface area contributed by atoms with Crippen LogP contribution >= 0.6 is 58.0 Å². The fourth-order valence-corrected chi connectivity index (χ4v) is 5.71. The van der Waals surface area contributed by atoms with Gasteiger partial charge in [-0.25, -0.2) is 0 Å². The Morgan fingerprint density at radius 2 is 1.62 bits per heavy atom. The number of nitrogens with zero attached hydrogens (tertiary/aromatic N) is 1. The van der Waals surface area contributed by atoms with Crippen molar-refractivity contribution >= 4 is 81.4 Å². The number of rotatable bonds is 6.